The zero-order valence-electron chi connectivity index (χ0n) is 9.18. The molecule has 0 aliphatic carbocycles. The molecule has 0 N–H and O–H groups in total. The van der Waals surface area contributed by atoms with Gasteiger partial charge in [0.2, 0.25) is 5.88 Å². The van der Waals surface area contributed by atoms with Crippen molar-refractivity contribution in [3.63, 3.8) is 0 Å². The number of ether oxygens (including phenoxy) is 1. The Labute approximate surface area is 121 Å². The average Bonchev–Trinajstić information content (AvgIpc) is 2.33. The maximum atomic E-state index is 13.1. The molecule has 0 fully saturated rings. The third-order valence-corrected chi connectivity index (χ3v) is 4.09. The van der Waals surface area contributed by atoms with Gasteiger partial charge in [-0.1, -0.05) is 0 Å². The highest BCUT2D eigenvalue weighted by Gasteiger charge is 2.19. The minimum atomic E-state index is -4.00. The fourth-order valence-electron chi connectivity index (χ4n) is 1.30. The van der Waals surface area contributed by atoms with Gasteiger partial charge >= 0.3 is 0 Å². The standard InChI is InChI=1S/C11H6BrClFNO3S/c12-8-4-3-7(14)6-9(8)18-11-10(19(13,16)17)2-1-5-15-11/h1-6H. The first-order chi connectivity index (χ1) is 8.88. The Bertz CT molecular complexity index is 724. The van der Waals surface area contributed by atoms with Gasteiger partial charge < -0.3 is 4.74 Å². The summed E-state index contributed by atoms with van der Waals surface area (Å²) in [5, 5.41) is 0. The molecule has 2 rings (SSSR count). The lowest BCUT2D eigenvalue weighted by atomic mass is 10.3. The van der Waals surface area contributed by atoms with Crippen molar-refractivity contribution >= 4 is 35.7 Å². The van der Waals surface area contributed by atoms with Crippen molar-refractivity contribution in [2.24, 2.45) is 0 Å². The highest BCUT2D eigenvalue weighted by molar-refractivity contribution is 9.10. The molecule has 4 nitrogen and oxygen atoms in total. The van der Waals surface area contributed by atoms with Crippen LogP contribution in [-0.2, 0) is 9.05 Å². The number of aromatic nitrogens is 1. The van der Waals surface area contributed by atoms with E-state index < -0.39 is 14.9 Å². The molecule has 8 heteroatoms. The number of hydrogen-bond donors (Lipinski definition) is 0. The second kappa shape index (κ2) is 5.44. The summed E-state index contributed by atoms with van der Waals surface area (Å²) in [4.78, 5) is 3.50. The van der Waals surface area contributed by atoms with Crippen LogP contribution >= 0.6 is 26.6 Å². The molecule has 0 aliphatic rings. The van der Waals surface area contributed by atoms with Crippen LogP contribution in [0.2, 0.25) is 0 Å². The number of hydrogen-bond acceptors (Lipinski definition) is 4. The molecule has 2 aromatic rings. The van der Waals surface area contributed by atoms with E-state index in [2.05, 4.69) is 20.9 Å². The Morgan fingerprint density at radius 2 is 2.05 bits per heavy atom. The van der Waals surface area contributed by atoms with E-state index in [1.165, 1.54) is 30.5 Å². The highest BCUT2D eigenvalue weighted by Crippen LogP contribution is 2.33. The van der Waals surface area contributed by atoms with Crippen LogP contribution in [0.25, 0.3) is 0 Å². The molecule has 19 heavy (non-hydrogen) atoms. The average molecular weight is 367 g/mol. The molecule has 0 atom stereocenters. The molecule has 0 aliphatic heterocycles. The quantitative estimate of drug-likeness (QED) is 0.777. The van der Waals surface area contributed by atoms with Gasteiger partial charge in [0.1, 0.15) is 16.5 Å². The van der Waals surface area contributed by atoms with Crippen molar-refractivity contribution < 1.29 is 17.5 Å². The van der Waals surface area contributed by atoms with Gasteiger partial charge in [-0.05, 0) is 40.2 Å². The Hall–Kier alpha value is -1.18. The fourth-order valence-corrected chi connectivity index (χ4v) is 2.52. The van der Waals surface area contributed by atoms with Crippen LogP contribution in [-0.4, -0.2) is 13.4 Å². The molecular formula is C11H6BrClFNO3S. The van der Waals surface area contributed by atoms with Crippen LogP contribution in [0.3, 0.4) is 0 Å². The fraction of sp³-hybridized carbons (Fsp3) is 0. The third-order valence-electron chi connectivity index (χ3n) is 2.10. The summed E-state index contributed by atoms with van der Waals surface area (Å²) in [6.45, 7) is 0. The lowest BCUT2D eigenvalue weighted by Gasteiger charge is -2.09. The van der Waals surface area contributed by atoms with Crippen molar-refractivity contribution in [3.8, 4) is 11.6 Å². The number of halogens is 3. The molecule has 0 saturated heterocycles. The Morgan fingerprint density at radius 1 is 1.32 bits per heavy atom. The van der Waals surface area contributed by atoms with Crippen LogP contribution in [0.15, 0.2) is 45.9 Å². The SMILES string of the molecule is O=S(=O)(Cl)c1cccnc1Oc1cc(F)ccc1Br. The molecule has 0 bridgehead atoms. The molecule has 0 unspecified atom stereocenters. The summed E-state index contributed by atoms with van der Waals surface area (Å²) in [7, 11) is 1.27. The lowest BCUT2D eigenvalue weighted by molar-refractivity contribution is 0.441. The van der Waals surface area contributed by atoms with Gasteiger partial charge in [0.05, 0.1) is 4.47 Å². The van der Waals surface area contributed by atoms with E-state index in [0.29, 0.717) is 4.47 Å². The number of rotatable bonds is 3. The zero-order chi connectivity index (χ0) is 14.0. The predicted molar refractivity (Wildman–Crippen MR) is 71.4 cm³/mol. The Balaban J connectivity index is 2.47. The van der Waals surface area contributed by atoms with E-state index in [4.69, 9.17) is 15.4 Å². The van der Waals surface area contributed by atoms with Gasteiger partial charge in [0.25, 0.3) is 9.05 Å². The van der Waals surface area contributed by atoms with Crippen LogP contribution in [0, 0.1) is 5.82 Å². The highest BCUT2D eigenvalue weighted by atomic mass is 79.9. The van der Waals surface area contributed by atoms with E-state index in [1.54, 1.807) is 0 Å². The maximum Gasteiger partial charge on any atom is 0.266 e. The van der Waals surface area contributed by atoms with Crippen LogP contribution in [0.5, 0.6) is 11.6 Å². The van der Waals surface area contributed by atoms with E-state index >= 15 is 0 Å². The van der Waals surface area contributed by atoms with Gasteiger partial charge in [-0.25, -0.2) is 17.8 Å². The molecule has 0 radical (unpaired) electrons. The summed E-state index contributed by atoms with van der Waals surface area (Å²) >= 11 is 3.16. The largest absolute Gasteiger partial charge is 0.436 e. The van der Waals surface area contributed by atoms with E-state index in [1.807, 2.05) is 0 Å². The Kier molecular flexibility index (Phi) is 4.07. The van der Waals surface area contributed by atoms with Gasteiger partial charge in [0, 0.05) is 22.9 Å². The second-order valence-electron chi connectivity index (χ2n) is 3.42. The zero-order valence-corrected chi connectivity index (χ0v) is 12.3. The van der Waals surface area contributed by atoms with Crippen LogP contribution in [0.1, 0.15) is 0 Å². The lowest BCUT2D eigenvalue weighted by Crippen LogP contribution is -1.98. The molecule has 0 spiro atoms. The number of pyridine rings is 1. The van der Waals surface area contributed by atoms with Crippen molar-refractivity contribution in [1.29, 1.82) is 0 Å². The van der Waals surface area contributed by atoms with Crippen molar-refractivity contribution in [1.82, 2.24) is 4.98 Å². The normalized spacial score (nSPS) is 11.3. The number of nitrogens with zero attached hydrogens (tertiary/aromatic N) is 1. The maximum absolute atomic E-state index is 13.1. The first-order valence-corrected chi connectivity index (χ1v) is 8.01. The van der Waals surface area contributed by atoms with Gasteiger partial charge in [-0.2, -0.15) is 0 Å². The predicted octanol–water partition coefficient (Wildman–Crippen LogP) is 3.70. The van der Waals surface area contributed by atoms with Crippen LogP contribution < -0.4 is 4.74 Å². The molecule has 0 amide bonds. The monoisotopic (exact) mass is 365 g/mol. The Morgan fingerprint density at radius 3 is 2.74 bits per heavy atom. The van der Waals surface area contributed by atoms with Crippen molar-refractivity contribution in [2.45, 2.75) is 4.90 Å². The second-order valence-corrected chi connectivity index (χ2v) is 6.81. The van der Waals surface area contributed by atoms with Crippen molar-refractivity contribution in [2.75, 3.05) is 0 Å². The molecule has 1 aromatic carbocycles. The molecular weight excluding hydrogens is 361 g/mol. The third kappa shape index (κ3) is 3.43. The first kappa shape index (κ1) is 14.2. The van der Waals surface area contributed by atoms with Crippen LogP contribution in [0.4, 0.5) is 4.39 Å². The topological polar surface area (TPSA) is 56.3 Å². The smallest absolute Gasteiger partial charge is 0.266 e. The van der Waals surface area contributed by atoms with Gasteiger partial charge in [-0.15, -0.1) is 0 Å². The van der Waals surface area contributed by atoms with E-state index in [9.17, 15) is 12.8 Å². The molecule has 100 valence electrons. The van der Waals surface area contributed by atoms with Gasteiger partial charge in [0.15, 0.2) is 0 Å². The molecule has 1 aromatic heterocycles. The summed E-state index contributed by atoms with van der Waals surface area (Å²) in [6.07, 6.45) is 1.34. The minimum absolute atomic E-state index is 0.0975. The summed E-state index contributed by atoms with van der Waals surface area (Å²) < 4.78 is 41.6. The molecule has 1 heterocycles. The van der Waals surface area contributed by atoms with E-state index in [-0.39, 0.29) is 16.5 Å². The molecule has 0 saturated carbocycles. The number of benzene rings is 1. The van der Waals surface area contributed by atoms with Gasteiger partial charge in [-0.3, -0.25) is 0 Å². The first-order valence-electron chi connectivity index (χ1n) is 4.90. The minimum Gasteiger partial charge on any atom is -0.436 e. The van der Waals surface area contributed by atoms with Crippen molar-refractivity contribution in [3.05, 3.63) is 46.8 Å². The van der Waals surface area contributed by atoms with E-state index in [0.717, 1.165) is 6.07 Å². The summed E-state index contributed by atoms with van der Waals surface area (Å²) in [5.74, 6) is -0.645. The summed E-state index contributed by atoms with van der Waals surface area (Å²) in [5.41, 5.74) is 0. The summed E-state index contributed by atoms with van der Waals surface area (Å²) in [6, 6.07) is 6.42.